The van der Waals surface area contributed by atoms with Crippen molar-refractivity contribution in [3.8, 4) is 0 Å². The summed E-state index contributed by atoms with van der Waals surface area (Å²) in [5.74, 6) is 0. The molecule has 2 N–H and O–H groups in total. The van der Waals surface area contributed by atoms with Gasteiger partial charge in [-0.3, -0.25) is 0 Å². The maximum Gasteiger partial charge on any atom is 0.315 e. The van der Waals surface area contributed by atoms with Gasteiger partial charge in [-0.15, -0.1) is 0 Å². The van der Waals surface area contributed by atoms with Crippen LogP contribution in [0.2, 0.25) is 0 Å². The van der Waals surface area contributed by atoms with Crippen molar-refractivity contribution in [2.45, 2.75) is 38.8 Å². The molecule has 6 nitrogen and oxygen atoms in total. The largest absolute Gasteiger partial charge is 0.335 e. The van der Waals surface area contributed by atoms with E-state index in [0.29, 0.717) is 25.9 Å². The van der Waals surface area contributed by atoms with Crippen molar-refractivity contribution in [3.63, 3.8) is 0 Å². The number of sulfonamides is 1. The predicted molar refractivity (Wildman–Crippen MR) is 90.7 cm³/mol. The second-order valence-corrected chi connectivity index (χ2v) is 8.11. The summed E-state index contributed by atoms with van der Waals surface area (Å²) in [4.78, 5) is 12.1. The Bertz CT molecular complexity index is 652. The lowest BCUT2D eigenvalue weighted by Crippen LogP contribution is -2.49. The fourth-order valence-corrected chi connectivity index (χ4v) is 3.78. The van der Waals surface area contributed by atoms with Crippen LogP contribution in [0.1, 0.15) is 36.9 Å². The molecule has 23 heavy (non-hydrogen) atoms. The van der Waals surface area contributed by atoms with Gasteiger partial charge in [-0.2, -0.15) is 0 Å². The van der Waals surface area contributed by atoms with Crippen LogP contribution in [-0.4, -0.2) is 44.1 Å². The van der Waals surface area contributed by atoms with Gasteiger partial charge >= 0.3 is 6.03 Å². The van der Waals surface area contributed by atoms with Gasteiger partial charge < -0.3 is 10.6 Å². The second kappa shape index (κ2) is 7.31. The Balaban J connectivity index is 1.83. The van der Waals surface area contributed by atoms with E-state index < -0.39 is 10.0 Å². The van der Waals surface area contributed by atoms with Crippen molar-refractivity contribution in [3.05, 3.63) is 35.4 Å². The number of rotatable bonds is 4. The maximum absolute atomic E-state index is 12.1. The minimum atomic E-state index is -3.13. The third-order valence-corrected chi connectivity index (χ3v) is 5.56. The average Bonchev–Trinajstić information content (AvgIpc) is 2.47. The zero-order chi connectivity index (χ0) is 17.0. The number of nitrogens with zero attached hydrogens (tertiary/aromatic N) is 1. The summed E-state index contributed by atoms with van der Waals surface area (Å²) in [5, 5.41) is 5.88. The lowest BCUT2D eigenvalue weighted by atomic mass is 10.0. The molecule has 1 heterocycles. The number of urea groups is 1. The standard InChI is InChI=1S/C16H25N3O3S/c1-12-6-4-5-7-15(12)13(2)17-16(20)18-14-8-10-19(11-9-14)23(3,21)22/h4-7,13-14H,8-11H2,1-3H3,(H2,17,18,20)/t13-/m1/s1. The fraction of sp³-hybridized carbons (Fsp3) is 0.562. The first-order valence-corrected chi connectivity index (χ1v) is 9.70. The summed E-state index contributed by atoms with van der Waals surface area (Å²) < 4.78 is 24.4. The summed E-state index contributed by atoms with van der Waals surface area (Å²) in [6.07, 6.45) is 2.50. The molecule has 0 aliphatic carbocycles. The van der Waals surface area contributed by atoms with Gasteiger partial charge in [0.2, 0.25) is 10.0 Å². The molecule has 7 heteroatoms. The van der Waals surface area contributed by atoms with Gasteiger partial charge in [0.15, 0.2) is 0 Å². The van der Waals surface area contributed by atoms with Crippen LogP contribution in [0.3, 0.4) is 0 Å². The van der Waals surface area contributed by atoms with Gasteiger partial charge in [0.05, 0.1) is 12.3 Å². The van der Waals surface area contributed by atoms with Gasteiger partial charge in [-0.05, 0) is 37.8 Å². The molecule has 1 aromatic carbocycles. The molecule has 0 radical (unpaired) electrons. The van der Waals surface area contributed by atoms with Gasteiger partial charge in [0.25, 0.3) is 0 Å². The molecule has 128 valence electrons. The average molecular weight is 339 g/mol. The fourth-order valence-electron chi connectivity index (χ4n) is 2.91. The molecule has 1 aliphatic heterocycles. The van der Waals surface area contributed by atoms with Crippen molar-refractivity contribution >= 4 is 16.1 Å². The maximum atomic E-state index is 12.1. The van der Waals surface area contributed by atoms with Crippen LogP contribution < -0.4 is 10.6 Å². The molecule has 0 saturated carbocycles. The number of hydrogen-bond donors (Lipinski definition) is 2. The van der Waals surface area contributed by atoms with Crippen molar-refractivity contribution in [2.24, 2.45) is 0 Å². The SMILES string of the molecule is Cc1ccccc1[C@@H](C)NC(=O)NC1CCN(S(C)(=O)=O)CC1. The highest BCUT2D eigenvalue weighted by molar-refractivity contribution is 7.88. The van der Waals surface area contributed by atoms with Crippen LogP contribution in [0.15, 0.2) is 24.3 Å². The zero-order valence-electron chi connectivity index (χ0n) is 13.9. The van der Waals surface area contributed by atoms with Gasteiger partial charge in [-0.1, -0.05) is 24.3 Å². The molecular formula is C16H25N3O3S. The number of carbonyl (C=O) groups is 1. The molecule has 2 rings (SSSR count). The van der Waals surface area contributed by atoms with E-state index in [4.69, 9.17) is 0 Å². The smallest absolute Gasteiger partial charge is 0.315 e. The van der Waals surface area contributed by atoms with Crippen LogP contribution in [0, 0.1) is 6.92 Å². The van der Waals surface area contributed by atoms with E-state index in [1.165, 1.54) is 10.6 Å². The molecule has 0 aromatic heterocycles. The van der Waals surface area contributed by atoms with Crippen molar-refractivity contribution in [2.75, 3.05) is 19.3 Å². The molecule has 1 atom stereocenters. The molecule has 1 fully saturated rings. The molecule has 1 saturated heterocycles. The minimum absolute atomic E-state index is 0.0112. The van der Waals surface area contributed by atoms with Crippen LogP contribution in [0.25, 0.3) is 0 Å². The summed E-state index contributed by atoms with van der Waals surface area (Å²) in [6, 6.07) is 7.68. The lowest BCUT2D eigenvalue weighted by Gasteiger charge is -2.31. The Morgan fingerprint density at radius 3 is 2.43 bits per heavy atom. The van der Waals surface area contributed by atoms with E-state index in [1.54, 1.807) is 0 Å². The number of piperidine rings is 1. The highest BCUT2D eigenvalue weighted by Gasteiger charge is 2.26. The minimum Gasteiger partial charge on any atom is -0.335 e. The number of benzene rings is 1. The number of nitrogens with one attached hydrogen (secondary N) is 2. The molecule has 1 aromatic rings. The second-order valence-electron chi connectivity index (χ2n) is 6.13. The summed E-state index contributed by atoms with van der Waals surface area (Å²) in [5.41, 5.74) is 2.23. The molecule has 1 aliphatic rings. The summed E-state index contributed by atoms with van der Waals surface area (Å²) >= 11 is 0. The van der Waals surface area contributed by atoms with Crippen molar-refractivity contribution < 1.29 is 13.2 Å². The summed E-state index contributed by atoms with van der Waals surface area (Å²) in [6.45, 7) is 4.88. The summed E-state index contributed by atoms with van der Waals surface area (Å²) in [7, 11) is -3.13. The van der Waals surface area contributed by atoms with E-state index in [9.17, 15) is 13.2 Å². The topological polar surface area (TPSA) is 78.5 Å². The lowest BCUT2D eigenvalue weighted by molar-refractivity contribution is 0.225. The Labute approximate surface area is 138 Å². The third-order valence-electron chi connectivity index (χ3n) is 4.26. The van der Waals surface area contributed by atoms with Gasteiger partial charge in [0, 0.05) is 19.1 Å². The molecule has 0 unspecified atom stereocenters. The monoisotopic (exact) mass is 339 g/mol. The third kappa shape index (κ3) is 4.94. The van der Waals surface area contributed by atoms with Crippen LogP contribution in [-0.2, 0) is 10.0 Å². The Morgan fingerprint density at radius 1 is 1.26 bits per heavy atom. The number of amides is 2. The zero-order valence-corrected chi connectivity index (χ0v) is 14.7. The molecular weight excluding hydrogens is 314 g/mol. The van der Waals surface area contributed by atoms with E-state index in [1.807, 2.05) is 38.1 Å². The predicted octanol–water partition coefficient (Wildman–Crippen LogP) is 1.78. The Hall–Kier alpha value is -1.60. The first kappa shape index (κ1) is 17.7. The molecule has 0 bridgehead atoms. The highest BCUT2D eigenvalue weighted by atomic mass is 32.2. The Kier molecular flexibility index (Phi) is 5.64. The quantitative estimate of drug-likeness (QED) is 0.878. The van der Waals surface area contributed by atoms with E-state index in [0.717, 1.165) is 11.1 Å². The molecule has 0 spiro atoms. The molecule has 2 amide bonds. The van der Waals surface area contributed by atoms with E-state index in [2.05, 4.69) is 10.6 Å². The highest BCUT2D eigenvalue weighted by Crippen LogP contribution is 2.17. The number of carbonyl (C=O) groups excluding carboxylic acids is 1. The van der Waals surface area contributed by atoms with E-state index >= 15 is 0 Å². The number of hydrogen-bond acceptors (Lipinski definition) is 3. The van der Waals surface area contributed by atoms with Crippen LogP contribution >= 0.6 is 0 Å². The normalized spacial score (nSPS) is 18.4. The van der Waals surface area contributed by atoms with Crippen molar-refractivity contribution in [1.82, 2.24) is 14.9 Å². The van der Waals surface area contributed by atoms with Crippen LogP contribution in [0.5, 0.6) is 0 Å². The van der Waals surface area contributed by atoms with Crippen molar-refractivity contribution in [1.29, 1.82) is 0 Å². The van der Waals surface area contributed by atoms with Crippen LogP contribution in [0.4, 0.5) is 4.79 Å². The van der Waals surface area contributed by atoms with E-state index in [-0.39, 0.29) is 18.1 Å². The first-order valence-electron chi connectivity index (χ1n) is 7.85. The van der Waals surface area contributed by atoms with Gasteiger partial charge in [0.1, 0.15) is 0 Å². The van der Waals surface area contributed by atoms with Gasteiger partial charge in [-0.25, -0.2) is 17.5 Å². The number of aryl methyl sites for hydroxylation is 1. The first-order chi connectivity index (χ1) is 10.8. The Morgan fingerprint density at radius 2 is 1.87 bits per heavy atom.